The van der Waals surface area contributed by atoms with Gasteiger partial charge in [0.1, 0.15) is 5.82 Å². The van der Waals surface area contributed by atoms with Crippen molar-refractivity contribution in [3.05, 3.63) is 47.8 Å². The first-order chi connectivity index (χ1) is 9.67. The summed E-state index contributed by atoms with van der Waals surface area (Å²) in [5.74, 6) is -0.497. The number of aromatic nitrogens is 1. The summed E-state index contributed by atoms with van der Waals surface area (Å²) in [4.78, 5) is 14.7. The van der Waals surface area contributed by atoms with E-state index < -0.39 is 0 Å². The molecule has 4 heteroatoms. The predicted molar refractivity (Wildman–Crippen MR) is 76.1 cm³/mol. The fourth-order valence-corrected chi connectivity index (χ4v) is 2.41. The number of rotatable bonds is 3. The van der Waals surface area contributed by atoms with E-state index in [-0.39, 0.29) is 18.2 Å². The molecule has 0 saturated carbocycles. The number of halogens is 1. The Morgan fingerprint density at radius 1 is 1.15 bits per heavy atom. The van der Waals surface area contributed by atoms with Crippen LogP contribution in [0.4, 0.5) is 4.39 Å². The van der Waals surface area contributed by atoms with E-state index in [9.17, 15) is 9.18 Å². The van der Waals surface area contributed by atoms with E-state index in [0.717, 1.165) is 27.4 Å². The Kier molecular flexibility index (Phi) is 3.14. The molecule has 0 amide bonds. The number of carbonyl (C=O) groups is 1. The van der Waals surface area contributed by atoms with Gasteiger partial charge in [0.05, 0.1) is 13.0 Å². The first kappa shape index (κ1) is 12.7. The highest BCUT2D eigenvalue weighted by molar-refractivity contribution is 6.07. The number of esters is 1. The molecule has 3 aromatic rings. The highest BCUT2D eigenvalue weighted by Gasteiger charge is 2.08. The van der Waals surface area contributed by atoms with Crippen molar-refractivity contribution in [3.8, 4) is 0 Å². The molecule has 0 radical (unpaired) electrons. The number of ether oxygens (including phenoxy) is 1. The summed E-state index contributed by atoms with van der Waals surface area (Å²) in [6.07, 6.45) is 0.244. The minimum Gasteiger partial charge on any atom is -0.466 e. The number of H-pyrrole nitrogens is 1. The van der Waals surface area contributed by atoms with Crippen LogP contribution in [0.3, 0.4) is 0 Å². The summed E-state index contributed by atoms with van der Waals surface area (Å²) < 4.78 is 18.2. The molecule has 0 bridgehead atoms. The van der Waals surface area contributed by atoms with Gasteiger partial charge in [0.2, 0.25) is 0 Å². The van der Waals surface area contributed by atoms with Crippen molar-refractivity contribution in [1.29, 1.82) is 0 Å². The van der Waals surface area contributed by atoms with Gasteiger partial charge in [0.15, 0.2) is 0 Å². The maximum absolute atomic E-state index is 13.3. The van der Waals surface area contributed by atoms with E-state index in [2.05, 4.69) is 4.98 Å². The van der Waals surface area contributed by atoms with E-state index in [1.54, 1.807) is 13.0 Å². The van der Waals surface area contributed by atoms with E-state index in [1.165, 1.54) is 12.1 Å². The molecule has 0 aliphatic rings. The van der Waals surface area contributed by atoms with Gasteiger partial charge in [-0.15, -0.1) is 0 Å². The second kappa shape index (κ2) is 4.96. The summed E-state index contributed by atoms with van der Waals surface area (Å²) in [5.41, 5.74) is 2.66. The monoisotopic (exact) mass is 271 g/mol. The molecule has 0 atom stereocenters. The van der Waals surface area contributed by atoms with Gasteiger partial charge in [0.25, 0.3) is 0 Å². The average molecular weight is 271 g/mol. The first-order valence-electron chi connectivity index (χ1n) is 6.53. The standard InChI is InChI=1S/C16H14FNO2/c1-2-20-16(19)8-10-3-5-12-13-9-11(17)4-6-14(13)18-15(12)7-10/h3-7,9,18H,2,8H2,1H3. The number of aromatic amines is 1. The quantitative estimate of drug-likeness (QED) is 0.740. The highest BCUT2D eigenvalue weighted by atomic mass is 19.1. The molecule has 0 fully saturated rings. The summed E-state index contributed by atoms with van der Waals surface area (Å²) in [6.45, 7) is 2.17. The smallest absolute Gasteiger partial charge is 0.310 e. The number of carbonyl (C=O) groups excluding carboxylic acids is 1. The van der Waals surface area contributed by atoms with Crippen LogP contribution in [0.2, 0.25) is 0 Å². The fraction of sp³-hybridized carbons (Fsp3) is 0.188. The number of fused-ring (bicyclic) bond motifs is 3. The van der Waals surface area contributed by atoms with Gasteiger partial charge in [0, 0.05) is 21.8 Å². The van der Waals surface area contributed by atoms with Crippen LogP contribution in [0.25, 0.3) is 21.8 Å². The molecule has 3 rings (SSSR count). The lowest BCUT2D eigenvalue weighted by molar-refractivity contribution is -0.142. The maximum Gasteiger partial charge on any atom is 0.310 e. The van der Waals surface area contributed by atoms with Crippen molar-refractivity contribution in [3.63, 3.8) is 0 Å². The number of hydrogen-bond donors (Lipinski definition) is 1. The lowest BCUT2D eigenvalue weighted by atomic mass is 10.1. The van der Waals surface area contributed by atoms with Gasteiger partial charge in [-0.1, -0.05) is 12.1 Å². The second-order valence-corrected chi connectivity index (χ2v) is 4.68. The molecule has 2 aromatic carbocycles. The van der Waals surface area contributed by atoms with Crippen molar-refractivity contribution in [2.45, 2.75) is 13.3 Å². The van der Waals surface area contributed by atoms with Crippen LogP contribution in [-0.2, 0) is 16.0 Å². The van der Waals surface area contributed by atoms with E-state index >= 15 is 0 Å². The lowest BCUT2D eigenvalue weighted by Gasteiger charge is -2.02. The summed E-state index contributed by atoms with van der Waals surface area (Å²) in [5, 5.41) is 1.80. The third-order valence-corrected chi connectivity index (χ3v) is 3.28. The molecule has 3 nitrogen and oxygen atoms in total. The van der Waals surface area contributed by atoms with Crippen molar-refractivity contribution < 1.29 is 13.9 Å². The molecule has 20 heavy (non-hydrogen) atoms. The van der Waals surface area contributed by atoms with Gasteiger partial charge in [-0.05, 0) is 36.8 Å². The van der Waals surface area contributed by atoms with Gasteiger partial charge in [-0.25, -0.2) is 4.39 Å². The zero-order valence-corrected chi connectivity index (χ0v) is 11.1. The summed E-state index contributed by atoms with van der Waals surface area (Å²) >= 11 is 0. The molecule has 0 spiro atoms. The highest BCUT2D eigenvalue weighted by Crippen LogP contribution is 2.26. The van der Waals surface area contributed by atoms with E-state index in [1.807, 2.05) is 18.2 Å². The van der Waals surface area contributed by atoms with Gasteiger partial charge in [-0.2, -0.15) is 0 Å². The molecule has 1 N–H and O–H groups in total. The molecular weight excluding hydrogens is 257 g/mol. The summed E-state index contributed by atoms with van der Waals surface area (Å²) in [7, 11) is 0. The normalized spacial score (nSPS) is 11.1. The lowest BCUT2D eigenvalue weighted by Crippen LogP contribution is -2.07. The van der Waals surface area contributed by atoms with Crippen LogP contribution in [0.1, 0.15) is 12.5 Å². The zero-order chi connectivity index (χ0) is 14.1. The Labute approximate surface area is 115 Å². The van der Waals surface area contributed by atoms with Crippen LogP contribution in [0.15, 0.2) is 36.4 Å². The van der Waals surface area contributed by atoms with E-state index in [4.69, 9.17) is 4.74 Å². The molecule has 0 saturated heterocycles. The Hall–Kier alpha value is -2.36. The SMILES string of the molecule is CCOC(=O)Cc1ccc2c(c1)[nH]c1ccc(F)cc12. The van der Waals surface area contributed by atoms with Crippen LogP contribution in [0.5, 0.6) is 0 Å². The number of nitrogens with one attached hydrogen (secondary N) is 1. The molecular formula is C16H14FNO2. The zero-order valence-electron chi connectivity index (χ0n) is 11.1. The Morgan fingerprint density at radius 3 is 2.80 bits per heavy atom. The van der Waals surface area contributed by atoms with Crippen LogP contribution in [0, 0.1) is 5.82 Å². The molecule has 0 aliphatic carbocycles. The Morgan fingerprint density at radius 2 is 2.00 bits per heavy atom. The Balaban J connectivity index is 2.03. The predicted octanol–water partition coefficient (Wildman–Crippen LogP) is 3.57. The molecule has 1 aromatic heterocycles. The van der Waals surface area contributed by atoms with Crippen molar-refractivity contribution in [2.75, 3.05) is 6.61 Å². The van der Waals surface area contributed by atoms with E-state index in [0.29, 0.717) is 6.61 Å². The van der Waals surface area contributed by atoms with Crippen molar-refractivity contribution >= 4 is 27.8 Å². The van der Waals surface area contributed by atoms with Crippen molar-refractivity contribution in [2.24, 2.45) is 0 Å². The number of hydrogen-bond acceptors (Lipinski definition) is 2. The third kappa shape index (κ3) is 2.25. The third-order valence-electron chi connectivity index (χ3n) is 3.28. The Bertz CT molecular complexity index is 792. The topological polar surface area (TPSA) is 42.1 Å². The maximum atomic E-state index is 13.3. The molecule has 0 unspecified atom stereocenters. The van der Waals surface area contributed by atoms with Gasteiger partial charge in [-0.3, -0.25) is 4.79 Å². The average Bonchev–Trinajstić information content (AvgIpc) is 2.76. The van der Waals surface area contributed by atoms with Crippen LogP contribution >= 0.6 is 0 Å². The van der Waals surface area contributed by atoms with Gasteiger partial charge >= 0.3 is 5.97 Å². The minimum atomic E-state index is -0.256. The second-order valence-electron chi connectivity index (χ2n) is 4.68. The van der Waals surface area contributed by atoms with Crippen molar-refractivity contribution in [1.82, 2.24) is 4.98 Å². The molecule has 102 valence electrons. The fourth-order valence-electron chi connectivity index (χ4n) is 2.41. The number of benzene rings is 2. The summed E-state index contributed by atoms with van der Waals surface area (Å²) in [6, 6.07) is 10.3. The van der Waals surface area contributed by atoms with Gasteiger partial charge < -0.3 is 9.72 Å². The first-order valence-corrected chi connectivity index (χ1v) is 6.53. The molecule has 0 aliphatic heterocycles. The molecule has 1 heterocycles. The van der Waals surface area contributed by atoms with Crippen LogP contribution in [-0.4, -0.2) is 17.6 Å². The van der Waals surface area contributed by atoms with Crippen LogP contribution < -0.4 is 0 Å². The largest absolute Gasteiger partial charge is 0.466 e. The minimum absolute atomic E-state index is 0.242.